The Hall–Kier alpha value is -2.76. The first-order valence-corrected chi connectivity index (χ1v) is 5.88. The third kappa shape index (κ3) is 2.11. The molecule has 20 heavy (non-hydrogen) atoms. The topological polar surface area (TPSA) is 65.1 Å². The lowest BCUT2D eigenvalue weighted by atomic mass is 10.1. The quantitative estimate of drug-likeness (QED) is 0.684. The number of aromatic nitrogens is 2. The molecule has 0 saturated heterocycles. The van der Waals surface area contributed by atoms with Crippen LogP contribution in [0.2, 0.25) is 0 Å². The van der Waals surface area contributed by atoms with Gasteiger partial charge in [-0.25, -0.2) is 14.2 Å². The van der Waals surface area contributed by atoms with Gasteiger partial charge in [0.15, 0.2) is 17.0 Å². The minimum atomic E-state index is -0.644. The Bertz CT molecular complexity index is 833. The summed E-state index contributed by atoms with van der Waals surface area (Å²) in [5.74, 6) is -1.39. The van der Waals surface area contributed by atoms with Gasteiger partial charge in [0.05, 0.1) is 6.54 Å². The van der Waals surface area contributed by atoms with E-state index in [-0.39, 0.29) is 12.3 Å². The van der Waals surface area contributed by atoms with Crippen LogP contribution in [0.5, 0.6) is 0 Å². The summed E-state index contributed by atoms with van der Waals surface area (Å²) in [6.45, 7) is -0.200. The molecule has 0 spiro atoms. The minimum Gasteiger partial charge on any atom is -0.406 e. The molecule has 6 heteroatoms. The molecular formula is C14H9FN2O3. The lowest BCUT2D eigenvalue weighted by molar-refractivity contribution is 0.0970. The van der Waals surface area contributed by atoms with Crippen molar-refractivity contribution in [3.63, 3.8) is 0 Å². The molecule has 100 valence electrons. The molecule has 1 aromatic carbocycles. The number of halogens is 1. The molecule has 2 aromatic heterocycles. The predicted molar refractivity (Wildman–Crippen MR) is 69.0 cm³/mol. The number of oxazole rings is 1. The fourth-order valence-electron chi connectivity index (χ4n) is 1.91. The number of hydrogen-bond donors (Lipinski definition) is 0. The molecular weight excluding hydrogens is 263 g/mol. The van der Waals surface area contributed by atoms with Crippen LogP contribution < -0.4 is 5.76 Å². The van der Waals surface area contributed by atoms with Crippen molar-refractivity contribution in [1.82, 2.24) is 9.55 Å². The van der Waals surface area contributed by atoms with Crippen molar-refractivity contribution in [3.05, 3.63) is 64.5 Å². The Balaban J connectivity index is 1.97. The van der Waals surface area contributed by atoms with Crippen LogP contribution in [0, 0.1) is 5.82 Å². The summed E-state index contributed by atoms with van der Waals surface area (Å²) in [6, 6.07) is 8.38. The summed E-state index contributed by atoms with van der Waals surface area (Å²) >= 11 is 0. The third-order valence-corrected chi connectivity index (χ3v) is 2.89. The van der Waals surface area contributed by atoms with Gasteiger partial charge in [0.1, 0.15) is 5.82 Å². The number of benzene rings is 1. The molecule has 0 fully saturated rings. The first-order valence-electron chi connectivity index (χ1n) is 5.88. The van der Waals surface area contributed by atoms with E-state index in [1.165, 1.54) is 30.5 Å². The molecule has 0 aliphatic carbocycles. The third-order valence-electron chi connectivity index (χ3n) is 2.89. The molecule has 0 unspecified atom stereocenters. The molecule has 0 N–H and O–H groups in total. The smallest absolute Gasteiger partial charge is 0.406 e. The van der Waals surface area contributed by atoms with Crippen molar-refractivity contribution in [2.75, 3.05) is 0 Å². The van der Waals surface area contributed by atoms with E-state index in [2.05, 4.69) is 4.98 Å². The summed E-state index contributed by atoms with van der Waals surface area (Å²) in [4.78, 5) is 27.8. The van der Waals surface area contributed by atoms with E-state index < -0.39 is 11.6 Å². The van der Waals surface area contributed by atoms with Gasteiger partial charge in [0.25, 0.3) is 0 Å². The van der Waals surface area contributed by atoms with Crippen LogP contribution >= 0.6 is 0 Å². The van der Waals surface area contributed by atoms with Gasteiger partial charge in [-0.2, -0.15) is 0 Å². The van der Waals surface area contributed by atoms with Crippen LogP contribution in [0.15, 0.2) is 51.8 Å². The summed E-state index contributed by atoms with van der Waals surface area (Å²) in [5.41, 5.74) is 0.959. The second-order valence-electron chi connectivity index (χ2n) is 4.21. The zero-order valence-electron chi connectivity index (χ0n) is 10.2. The number of nitrogens with zero attached hydrogens (tertiary/aromatic N) is 2. The van der Waals surface area contributed by atoms with E-state index in [4.69, 9.17) is 4.42 Å². The highest BCUT2D eigenvalue weighted by Crippen LogP contribution is 2.10. The van der Waals surface area contributed by atoms with Crippen LogP contribution in [-0.4, -0.2) is 15.3 Å². The number of fused-ring (bicyclic) bond motifs is 1. The van der Waals surface area contributed by atoms with Gasteiger partial charge in [0, 0.05) is 11.8 Å². The summed E-state index contributed by atoms with van der Waals surface area (Å²) in [5, 5.41) is 0. The van der Waals surface area contributed by atoms with Crippen LogP contribution in [-0.2, 0) is 6.54 Å². The zero-order valence-corrected chi connectivity index (χ0v) is 10.2. The SMILES string of the molecule is O=C(Cn1c(=O)oc2cccnc21)c1ccc(F)cc1. The molecule has 2 heterocycles. The van der Waals surface area contributed by atoms with Gasteiger partial charge in [-0.15, -0.1) is 0 Å². The summed E-state index contributed by atoms with van der Waals surface area (Å²) < 4.78 is 18.9. The maximum Gasteiger partial charge on any atom is 0.421 e. The molecule has 0 atom stereocenters. The zero-order chi connectivity index (χ0) is 14.1. The molecule has 3 rings (SSSR count). The minimum absolute atomic E-state index is 0.200. The average molecular weight is 272 g/mol. The standard InChI is InChI=1S/C14H9FN2O3/c15-10-5-3-9(4-6-10)11(18)8-17-13-12(20-14(17)19)2-1-7-16-13/h1-7H,8H2. The highest BCUT2D eigenvalue weighted by atomic mass is 19.1. The van der Waals surface area contributed by atoms with E-state index >= 15 is 0 Å². The number of Topliss-reactive ketones (excluding diaryl/α,β-unsaturated/α-hetero) is 1. The predicted octanol–water partition coefficient (Wildman–Crippen LogP) is 2.01. The Morgan fingerprint density at radius 1 is 1.25 bits per heavy atom. The highest BCUT2D eigenvalue weighted by Gasteiger charge is 2.14. The van der Waals surface area contributed by atoms with Crippen LogP contribution in [0.4, 0.5) is 4.39 Å². The van der Waals surface area contributed by atoms with Gasteiger partial charge in [0.2, 0.25) is 0 Å². The van der Waals surface area contributed by atoms with Crippen LogP contribution in [0.25, 0.3) is 11.2 Å². The van der Waals surface area contributed by atoms with Crippen molar-refractivity contribution in [1.29, 1.82) is 0 Å². The molecule has 0 aliphatic rings. The van der Waals surface area contributed by atoms with Gasteiger partial charge in [-0.1, -0.05) is 0 Å². The lowest BCUT2D eigenvalue weighted by Gasteiger charge is -2.01. The van der Waals surface area contributed by atoms with E-state index in [9.17, 15) is 14.0 Å². The van der Waals surface area contributed by atoms with Crippen LogP contribution in [0.3, 0.4) is 0 Å². The molecule has 3 aromatic rings. The second kappa shape index (κ2) is 4.73. The lowest BCUT2D eigenvalue weighted by Crippen LogP contribution is -2.20. The van der Waals surface area contributed by atoms with E-state index in [0.29, 0.717) is 16.8 Å². The van der Waals surface area contributed by atoms with Crippen molar-refractivity contribution in [2.24, 2.45) is 0 Å². The van der Waals surface area contributed by atoms with Crippen molar-refractivity contribution in [2.45, 2.75) is 6.54 Å². The fraction of sp³-hybridized carbons (Fsp3) is 0.0714. The molecule has 0 bridgehead atoms. The molecule has 0 radical (unpaired) electrons. The van der Waals surface area contributed by atoms with Crippen molar-refractivity contribution in [3.8, 4) is 0 Å². The fourth-order valence-corrected chi connectivity index (χ4v) is 1.91. The van der Waals surface area contributed by atoms with Gasteiger partial charge >= 0.3 is 5.76 Å². The van der Waals surface area contributed by atoms with E-state index in [0.717, 1.165) is 4.57 Å². The average Bonchev–Trinajstić information content (AvgIpc) is 2.76. The first-order chi connectivity index (χ1) is 9.65. The van der Waals surface area contributed by atoms with Gasteiger partial charge in [-0.3, -0.25) is 9.36 Å². The van der Waals surface area contributed by atoms with Gasteiger partial charge in [-0.05, 0) is 36.4 Å². The Kier molecular flexibility index (Phi) is 2.90. The largest absolute Gasteiger partial charge is 0.421 e. The number of carbonyl (C=O) groups is 1. The van der Waals surface area contributed by atoms with Crippen molar-refractivity contribution >= 4 is 17.0 Å². The monoisotopic (exact) mass is 272 g/mol. The number of pyridine rings is 1. The normalized spacial score (nSPS) is 10.8. The number of hydrogen-bond acceptors (Lipinski definition) is 4. The van der Waals surface area contributed by atoms with Crippen molar-refractivity contribution < 1.29 is 13.6 Å². The number of rotatable bonds is 3. The Labute approximate surface area is 112 Å². The second-order valence-corrected chi connectivity index (χ2v) is 4.21. The highest BCUT2D eigenvalue weighted by molar-refractivity contribution is 5.96. The Morgan fingerprint density at radius 3 is 2.75 bits per heavy atom. The van der Waals surface area contributed by atoms with Crippen LogP contribution in [0.1, 0.15) is 10.4 Å². The molecule has 5 nitrogen and oxygen atoms in total. The maximum atomic E-state index is 12.8. The first kappa shape index (κ1) is 12.3. The molecule has 0 amide bonds. The molecule has 0 aliphatic heterocycles. The van der Waals surface area contributed by atoms with E-state index in [1.807, 2.05) is 0 Å². The molecule has 0 saturated carbocycles. The van der Waals surface area contributed by atoms with E-state index in [1.54, 1.807) is 12.1 Å². The number of carbonyl (C=O) groups excluding carboxylic acids is 1. The summed E-state index contributed by atoms with van der Waals surface area (Å²) in [7, 11) is 0. The maximum absolute atomic E-state index is 12.8. The summed E-state index contributed by atoms with van der Waals surface area (Å²) in [6.07, 6.45) is 1.51. The number of ketones is 1. The Morgan fingerprint density at radius 2 is 2.00 bits per heavy atom. The van der Waals surface area contributed by atoms with Gasteiger partial charge < -0.3 is 4.42 Å².